The molecule has 0 heterocycles. The van der Waals surface area contributed by atoms with Crippen LogP contribution in [0.15, 0.2) is 48.5 Å². The number of benzene rings is 2. The molecule has 0 bridgehead atoms. The molecule has 2 atom stereocenters. The standard InChI is InChI=1S/C18H19ClN2O2.ClH/c19-14-3-1-2-12(8-14)11-23-15-6-4-13(5-7-15)16-9-17(16)21-10-18(20)22;/h1-8,16-17,21H,9-11H2,(H2,20,22);1H. The van der Waals surface area contributed by atoms with Crippen molar-refractivity contribution in [3.05, 3.63) is 64.7 Å². The lowest BCUT2D eigenvalue weighted by molar-refractivity contribution is -0.117. The zero-order chi connectivity index (χ0) is 16.2. The van der Waals surface area contributed by atoms with Crippen LogP contribution in [0.3, 0.4) is 0 Å². The zero-order valence-electron chi connectivity index (χ0n) is 13.1. The van der Waals surface area contributed by atoms with Gasteiger partial charge >= 0.3 is 0 Å². The first-order chi connectivity index (χ1) is 11.1. The van der Waals surface area contributed by atoms with Gasteiger partial charge in [-0.2, -0.15) is 0 Å². The molecule has 1 aliphatic carbocycles. The number of hydrogen-bond donors (Lipinski definition) is 2. The molecule has 0 aromatic heterocycles. The highest BCUT2D eigenvalue weighted by Crippen LogP contribution is 2.41. The van der Waals surface area contributed by atoms with Crippen LogP contribution in [0.4, 0.5) is 0 Å². The average molecular weight is 367 g/mol. The predicted octanol–water partition coefficient (Wildman–Crippen LogP) is 3.27. The van der Waals surface area contributed by atoms with E-state index in [0.717, 1.165) is 17.7 Å². The Bertz CT molecular complexity index is 692. The van der Waals surface area contributed by atoms with E-state index in [1.807, 2.05) is 36.4 Å². The average Bonchev–Trinajstić information content (AvgIpc) is 3.31. The molecule has 2 aromatic carbocycles. The van der Waals surface area contributed by atoms with Gasteiger partial charge in [-0.3, -0.25) is 4.79 Å². The summed E-state index contributed by atoms with van der Waals surface area (Å²) in [6.45, 7) is 0.730. The van der Waals surface area contributed by atoms with E-state index in [1.54, 1.807) is 0 Å². The molecule has 1 saturated carbocycles. The number of hydrogen-bond acceptors (Lipinski definition) is 3. The second-order valence-corrected chi connectivity index (χ2v) is 6.22. The van der Waals surface area contributed by atoms with Crippen molar-refractivity contribution in [3.63, 3.8) is 0 Å². The van der Waals surface area contributed by atoms with E-state index < -0.39 is 0 Å². The number of rotatable bonds is 7. The third kappa shape index (κ3) is 5.13. The van der Waals surface area contributed by atoms with Gasteiger partial charge in [0.25, 0.3) is 0 Å². The highest BCUT2D eigenvalue weighted by molar-refractivity contribution is 6.30. The summed E-state index contributed by atoms with van der Waals surface area (Å²) < 4.78 is 5.77. The van der Waals surface area contributed by atoms with Crippen molar-refractivity contribution in [2.45, 2.75) is 25.0 Å². The first-order valence-electron chi connectivity index (χ1n) is 7.61. The molecule has 6 heteroatoms. The Morgan fingerprint density at radius 2 is 2.00 bits per heavy atom. The highest BCUT2D eigenvalue weighted by Gasteiger charge is 2.37. The lowest BCUT2D eigenvalue weighted by atomic mass is 10.1. The van der Waals surface area contributed by atoms with Gasteiger partial charge in [-0.15, -0.1) is 12.4 Å². The van der Waals surface area contributed by atoms with Crippen LogP contribution in [0, 0.1) is 0 Å². The van der Waals surface area contributed by atoms with E-state index in [-0.39, 0.29) is 24.9 Å². The summed E-state index contributed by atoms with van der Waals surface area (Å²) >= 11 is 5.96. The number of halogens is 2. The van der Waals surface area contributed by atoms with Crippen molar-refractivity contribution in [2.75, 3.05) is 6.54 Å². The van der Waals surface area contributed by atoms with Gasteiger partial charge in [0.1, 0.15) is 12.4 Å². The summed E-state index contributed by atoms with van der Waals surface area (Å²) in [5.74, 6) is 0.966. The van der Waals surface area contributed by atoms with Crippen LogP contribution in [0.2, 0.25) is 5.02 Å². The maximum Gasteiger partial charge on any atom is 0.231 e. The van der Waals surface area contributed by atoms with Crippen LogP contribution in [0.1, 0.15) is 23.5 Å². The van der Waals surface area contributed by atoms with Crippen LogP contribution in [-0.2, 0) is 11.4 Å². The van der Waals surface area contributed by atoms with Gasteiger partial charge in [-0.05, 0) is 41.8 Å². The van der Waals surface area contributed by atoms with Crippen LogP contribution in [0.25, 0.3) is 0 Å². The van der Waals surface area contributed by atoms with Gasteiger partial charge in [0.15, 0.2) is 0 Å². The molecule has 0 saturated heterocycles. The van der Waals surface area contributed by atoms with Crippen LogP contribution in [-0.4, -0.2) is 18.5 Å². The summed E-state index contributed by atoms with van der Waals surface area (Å²) in [4.78, 5) is 10.8. The number of ether oxygens (including phenoxy) is 1. The van der Waals surface area contributed by atoms with E-state index in [0.29, 0.717) is 23.6 Å². The Hall–Kier alpha value is -1.75. The molecule has 24 heavy (non-hydrogen) atoms. The fraction of sp³-hybridized carbons (Fsp3) is 0.278. The molecular weight excluding hydrogens is 347 g/mol. The molecule has 3 rings (SSSR count). The zero-order valence-corrected chi connectivity index (χ0v) is 14.6. The van der Waals surface area contributed by atoms with Crippen molar-refractivity contribution in [2.24, 2.45) is 5.73 Å². The normalized spacial score (nSPS) is 18.5. The number of nitrogens with two attached hydrogens (primary N) is 1. The third-order valence-electron chi connectivity index (χ3n) is 3.93. The molecule has 2 aromatic rings. The van der Waals surface area contributed by atoms with Crippen LogP contribution >= 0.6 is 24.0 Å². The van der Waals surface area contributed by atoms with Gasteiger partial charge in [0, 0.05) is 17.0 Å². The molecule has 0 aliphatic heterocycles. The summed E-state index contributed by atoms with van der Waals surface area (Å²) in [6, 6.07) is 16.1. The summed E-state index contributed by atoms with van der Waals surface area (Å²) in [5.41, 5.74) is 7.43. The minimum atomic E-state index is -0.319. The number of carbonyl (C=O) groups is 1. The van der Waals surface area contributed by atoms with Crippen LogP contribution in [0.5, 0.6) is 5.75 Å². The van der Waals surface area contributed by atoms with Crippen molar-refractivity contribution >= 4 is 29.9 Å². The second-order valence-electron chi connectivity index (χ2n) is 5.78. The minimum Gasteiger partial charge on any atom is -0.489 e. The number of nitrogens with one attached hydrogen (secondary N) is 1. The van der Waals surface area contributed by atoms with E-state index >= 15 is 0 Å². The summed E-state index contributed by atoms with van der Waals surface area (Å²) in [5, 5.41) is 3.87. The molecule has 128 valence electrons. The van der Waals surface area contributed by atoms with E-state index in [2.05, 4.69) is 17.4 Å². The maximum absolute atomic E-state index is 10.8. The fourth-order valence-electron chi connectivity index (χ4n) is 2.63. The number of carbonyl (C=O) groups excluding carboxylic acids is 1. The molecule has 0 radical (unpaired) electrons. The Balaban J connectivity index is 0.00000208. The lowest BCUT2D eigenvalue weighted by Crippen LogP contribution is -2.30. The first-order valence-corrected chi connectivity index (χ1v) is 7.98. The van der Waals surface area contributed by atoms with E-state index in [1.165, 1.54) is 5.56 Å². The largest absolute Gasteiger partial charge is 0.489 e. The van der Waals surface area contributed by atoms with Gasteiger partial charge < -0.3 is 15.8 Å². The quantitative estimate of drug-likeness (QED) is 0.790. The van der Waals surface area contributed by atoms with Gasteiger partial charge in [0.2, 0.25) is 5.91 Å². The third-order valence-corrected chi connectivity index (χ3v) is 4.17. The Kier molecular flexibility index (Phi) is 6.49. The molecule has 2 unspecified atom stereocenters. The number of amides is 1. The second kappa shape index (κ2) is 8.38. The smallest absolute Gasteiger partial charge is 0.231 e. The predicted molar refractivity (Wildman–Crippen MR) is 97.8 cm³/mol. The number of primary amides is 1. The molecule has 1 amide bonds. The summed E-state index contributed by atoms with van der Waals surface area (Å²) in [7, 11) is 0. The minimum absolute atomic E-state index is 0. The van der Waals surface area contributed by atoms with Crippen molar-refractivity contribution in [1.29, 1.82) is 0 Å². The SMILES string of the molecule is Cl.NC(=O)CNC1CC1c1ccc(OCc2cccc(Cl)c2)cc1. The van der Waals surface area contributed by atoms with Gasteiger partial charge in [-0.25, -0.2) is 0 Å². The van der Waals surface area contributed by atoms with Gasteiger partial charge in [-0.1, -0.05) is 35.9 Å². The molecule has 1 fully saturated rings. The Morgan fingerprint density at radius 1 is 1.25 bits per heavy atom. The van der Waals surface area contributed by atoms with Crippen LogP contribution < -0.4 is 15.8 Å². The molecule has 3 N–H and O–H groups in total. The van der Waals surface area contributed by atoms with E-state index in [9.17, 15) is 4.79 Å². The topological polar surface area (TPSA) is 64.4 Å². The summed E-state index contributed by atoms with van der Waals surface area (Å²) in [6.07, 6.45) is 1.04. The maximum atomic E-state index is 10.8. The first kappa shape index (κ1) is 18.6. The fourth-order valence-corrected chi connectivity index (χ4v) is 2.84. The van der Waals surface area contributed by atoms with Crippen molar-refractivity contribution < 1.29 is 9.53 Å². The Labute approximate surface area is 152 Å². The molecule has 1 aliphatic rings. The lowest BCUT2D eigenvalue weighted by Gasteiger charge is -2.08. The molecular formula is C18H20Cl2N2O2. The van der Waals surface area contributed by atoms with Gasteiger partial charge in [0.05, 0.1) is 6.54 Å². The molecule has 0 spiro atoms. The highest BCUT2D eigenvalue weighted by atomic mass is 35.5. The van der Waals surface area contributed by atoms with E-state index in [4.69, 9.17) is 22.1 Å². The van der Waals surface area contributed by atoms with Crippen molar-refractivity contribution in [1.82, 2.24) is 5.32 Å². The molecule has 4 nitrogen and oxygen atoms in total. The van der Waals surface area contributed by atoms with Crippen molar-refractivity contribution in [3.8, 4) is 5.75 Å². The Morgan fingerprint density at radius 3 is 2.67 bits per heavy atom. The monoisotopic (exact) mass is 366 g/mol.